The van der Waals surface area contributed by atoms with E-state index in [0.717, 1.165) is 12.8 Å². The molecule has 2 heterocycles. The molecule has 8 nitrogen and oxygen atoms in total. The normalized spacial score (nSPS) is 17.4. The molecule has 1 aromatic heterocycles. The molecule has 8 heteroatoms. The summed E-state index contributed by atoms with van der Waals surface area (Å²) < 4.78 is 10.2. The molecule has 3 rings (SSSR count). The van der Waals surface area contributed by atoms with E-state index in [9.17, 15) is 14.9 Å². The van der Waals surface area contributed by atoms with Gasteiger partial charge in [0.2, 0.25) is 0 Å². The second-order valence-corrected chi connectivity index (χ2v) is 6.77. The molecule has 0 unspecified atom stereocenters. The van der Waals surface area contributed by atoms with Crippen LogP contribution >= 0.6 is 0 Å². The number of rotatable bonds is 6. The van der Waals surface area contributed by atoms with Crippen molar-refractivity contribution in [3.05, 3.63) is 30.0 Å². The van der Waals surface area contributed by atoms with E-state index in [1.807, 2.05) is 29.2 Å². The number of hydrogen-bond donors (Lipinski definition) is 0. The second-order valence-electron chi connectivity index (χ2n) is 6.77. The second kappa shape index (κ2) is 9.32. The van der Waals surface area contributed by atoms with Crippen LogP contribution in [0.4, 0.5) is 5.82 Å². The Balaban J connectivity index is 2.04. The van der Waals surface area contributed by atoms with E-state index in [-0.39, 0.29) is 24.2 Å². The minimum atomic E-state index is -1.19. The Kier molecular flexibility index (Phi) is 6.60. The van der Waals surface area contributed by atoms with E-state index in [1.54, 1.807) is 19.9 Å². The predicted octanol–water partition coefficient (Wildman–Crippen LogP) is 2.58. The molecule has 2 atom stereocenters. The lowest BCUT2D eigenvalue weighted by molar-refractivity contribution is -0.148. The van der Waals surface area contributed by atoms with Crippen LogP contribution < -0.4 is 4.90 Å². The van der Waals surface area contributed by atoms with Gasteiger partial charge in [0.25, 0.3) is 0 Å². The molecule has 1 saturated heterocycles. The predicted molar refractivity (Wildman–Crippen MR) is 106 cm³/mol. The number of anilines is 1. The Morgan fingerprint density at radius 1 is 1.21 bits per heavy atom. The summed E-state index contributed by atoms with van der Waals surface area (Å²) in [7, 11) is 0. The van der Waals surface area contributed by atoms with E-state index in [1.165, 1.54) is 0 Å². The number of hydrogen-bond acceptors (Lipinski definition) is 8. The molecule has 2 aromatic rings. The van der Waals surface area contributed by atoms with Crippen molar-refractivity contribution in [1.82, 2.24) is 9.97 Å². The minimum Gasteiger partial charge on any atom is -0.466 e. The van der Waals surface area contributed by atoms with Crippen LogP contribution in [0.5, 0.6) is 0 Å². The fourth-order valence-corrected chi connectivity index (χ4v) is 3.50. The Bertz CT molecular complexity index is 940. The SMILES string of the molecule is CCOC(=O)[C@@H]1CCCN(c2nc3ccccc3nc2[C@@H](C#N)C(=O)OCC)C1. The van der Waals surface area contributed by atoms with E-state index in [4.69, 9.17) is 14.5 Å². The topological polar surface area (TPSA) is 105 Å². The first-order valence-electron chi connectivity index (χ1n) is 9.83. The lowest BCUT2D eigenvalue weighted by atomic mass is 9.97. The van der Waals surface area contributed by atoms with Crippen molar-refractivity contribution < 1.29 is 19.1 Å². The summed E-state index contributed by atoms with van der Waals surface area (Å²) in [6, 6.07) is 9.29. The smallest absolute Gasteiger partial charge is 0.329 e. The van der Waals surface area contributed by atoms with Crippen LogP contribution in [-0.4, -0.2) is 48.2 Å². The van der Waals surface area contributed by atoms with Gasteiger partial charge in [0, 0.05) is 13.1 Å². The number of benzene rings is 1. The summed E-state index contributed by atoms with van der Waals surface area (Å²) in [6.07, 6.45) is 1.50. The maximum Gasteiger partial charge on any atom is 0.329 e. The van der Waals surface area contributed by atoms with Gasteiger partial charge in [-0.2, -0.15) is 5.26 Å². The van der Waals surface area contributed by atoms with Gasteiger partial charge in [-0.05, 0) is 38.8 Å². The van der Waals surface area contributed by atoms with Crippen molar-refractivity contribution in [3.8, 4) is 6.07 Å². The number of aromatic nitrogens is 2. The Hall–Kier alpha value is -3.21. The van der Waals surface area contributed by atoms with Crippen LogP contribution in [0.1, 0.15) is 38.3 Å². The number of para-hydroxylation sites is 2. The van der Waals surface area contributed by atoms with Gasteiger partial charge >= 0.3 is 11.9 Å². The zero-order chi connectivity index (χ0) is 20.8. The van der Waals surface area contributed by atoms with Gasteiger partial charge in [-0.1, -0.05) is 12.1 Å². The fraction of sp³-hybridized carbons (Fsp3) is 0.476. The first-order chi connectivity index (χ1) is 14.1. The lowest BCUT2D eigenvalue weighted by Gasteiger charge is -2.33. The highest BCUT2D eigenvalue weighted by Gasteiger charge is 2.33. The molecule has 1 aromatic carbocycles. The van der Waals surface area contributed by atoms with E-state index in [0.29, 0.717) is 36.5 Å². The highest BCUT2D eigenvalue weighted by molar-refractivity contribution is 5.85. The number of nitrogens with zero attached hydrogens (tertiary/aromatic N) is 4. The molecule has 0 saturated carbocycles. The number of carbonyl (C=O) groups is 2. The zero-order valence-electron chi connectivity index (χ0n) is 16.6. The molecule has 0 spiro atoms. The zero-order valence-corrected chi connectivity index (χ0v) is 16.6. The monoisotopic (exact) mass is 396 g/mol. The standard InChI is InChI=1S/C21H24N4O4/c1-3-28-20(26)14-8-7-11-25(13-14)19-18(15(12-22)21(27)29-4-2)23-16-9-5-6-10-17(16)24-19/h5-6,9-10,14-15H,3-4,7-8,11,13H2,1-2H3/t14-,15-/m1/s1. The maximum absolute atomic E-state index is 12.4. The maximum atomic E-state index is 12.4. The molecule has 1 aliphatic rings. The molecule has 0 N–H and O–H groups in total. The van der Waals surface area contributed by atoms with Gasteiger partial charge in [0.1, 0.15) is 5.69 Å². The molecule has 0 aliphatic carbocycles. The number of ether oxygens (including phenoxy) is 2. The van der Waals surface area contributed by atoms with Crippen molar-refractivity contribution in [3.63, 3.8) is 0 Å². The molecule has 1 fully saturated rings. The van der Waals surface area contributed by atoms with Gasteiger partial charge in [0.05, 0.1) is 36.2 Å². The third-order valence-electron chi connectivity index (χ3n) is 4.84. The first kappa shape index (κ1) is 20.5. The molecular formula is C21H24N4O4. The van der Waals surface area contributed by atoms with Crippen molar-refractivity contribution in [2.24, 2.45) is 5.92 Å². The van der Waals surface area contributed by atoms with Gasteiger partial charge < -0.3 is 14.4 Å². The summed E-state index contributed by atoms with van der Waals surface area (Å²) in [5.41, 5.74) is 1.51. The quantitative estimate of drug-likeness (QED) is 0.686. The number of esters is 2. The molecular weight excluding hydrogens is 372 g/mol. The summed E-state index contributed by atoms with van der Waals surface area (Å²) >= 11 is 0. The Labute approximate surface area is 169 Å². The summed E-state index contributed by atoms with van der Waals surface area (Å²) in [6.45, 7) is 5.02. The van der Waals surface area contributed by atoms with Gasteiger partial charge in [-0.25, -0.2) is 9.97 Å². The Morgan fingerprint density at radius 2 is 1.90 bits per heavy atom. The van der Waals surface area contributed by atoms with Crippen LogP contribution in [-0.2, 0) is 19.1 Å². The average molecular weight is 396 g/mol. The van der Waals surface area contributed by atoms with Crippen LogP contribution in [0, 0.1) is 17.2 Å². The highest BCUT2D eigenvalue weighted by atomic mass is 16.5. The minimum absolute atomic E-state index is 0.169. The Morgan fingerprint density at radius 3 is 2.55 bits per heavy atom. The van der Waals surface area contributed by atoms with Gasteiger partial charge in [0.15, 0.2) is 11.7 Å². The van der Waals surface area contributed by atoms with E-state index >= 15 is 0 Å². The fourth-order valence-electron chi connectivity index (χ4n) is 3.50. The van der Waals surface area contributed by atoms with Crippen LogP contribution in [0.15, 0.2) is 24.3 Å². The van der Waals surface area contributed by atoms with Crippen molar-refractivity contribution >= 4 is 28.8 Å². The largest absolute Gasteiger partial charge is 0.466 e. The molecule has 152 valence electrons. The molecule has 1 aliphatic heterocycles. The van der Waals surface area contributed by atoms with E-state index < -0.39 is 11.9 Å². The summed E-state index contributed by atoms with van der Waals surface area (Å²) in [4.78, 5) is 35.9. The first-order valence-corrected chi connectivity index (χ1v) is 9.83. The number of fused-ring (bicyclic) bond motifs is 1. The number of nitriles is 1. The van der Waals surface area contributed by atoms with Crippen molar-refractivity contribution in [1.29, 1.82) is 5.26 Å². The van der Waals surface area contributed by atoms with Gasteiger partial charge in [-0.15, -0.1) is 0 Å². The number of piperidine rings is 1. The van der Waals surface area contributed by atoms with Crippen LogP contribution in [0.3, 0.4) is 0 Å². The number of carbonyl (C=O) groups excluding carboxylic acids is 2. The molecule has 0 bridgehead atoms. The van der Waals surface area contributed by atoms with Gasteiger partial charge in [-0.3, -0.25) is 9.59 Å². The summed E-state index contributed by atoms with van der Waals surface area (Å²) in [5.74, 6) is -1.93. The van der Waals surface area contributed by atoms with Crippen LogP contribution in [0.2, 0.25) is 0 Å². The summed E-state index contributed by atoms with van der Waals surface area (Å²) in [5, 5.41) is 9.67. The third kappa shape index (κ3) is 4.45. The average Bonchev–Trinajstić information content (AvgIpc) is 2.74. The molecule has 29 heavy (non-hydrogen) atoms. The highest BCUT2D eigenvalue weighted by Crippen LogP contribution is 2.31. The molecule has 0 amide bonds. The van der Waals surface area contributed by atoms with Crippen molar-refractivity contribution in [2.75, 3.05) is 31.2 Å². The molecule has 0 radical (unpaired) electrons. The van der Waals surface area contributed by atoms with Crippen LogP contribution in [0.25, 0.3) is 11.0 Å². The van der Waals surface area contributed by atoms with E-state index in [2.05, 4.69) is 4.98 Å². The van der Waals surface area contributed by atoms with Crippen molar-refractivity contribution in [2.45, 2.75) is 32.6 Å². The third-order valence-corrected chi connectivity index (χ3v) is 4.84. The lowest BCUT2D eigenvalue weighted by Crippen LogP contribution is -2.40.